The predicted molar refractivity (Wildman–Crippen MR) is 138 cm³/mol. The highest BCUT2D eigenvalue weighted by Gasteiger charge is 2.39. The lowest BCUT2D eigenvalue weighted by Crippen LogP contribution is -2.34. The third-order valence-electron chi connectivity index (χ3n) is 6.30. The maximum Gasteiger partial charge on any atom is 0.490 e. The number of carboxylic acid groups (broad SMARTS) is 3. The molecule has 0 aromatic carbocycles. The Morgan fingerprint density at radius 3 is 1.74 bits per heavy atom. The molecule has 1 atom stereocenters. The second-order valence-corrected chi connectivity index (χ2v) is 10.00. The van der Waals surface area contributed by atoms with Gasteiger partial charge in [-0.25, -0.2) is 14.4 Å². The summed E-state index contributed by atoms with van der Waals surface area (Å²) in [4.78, 5) is 33.3. The Bertz CT molecular complexity index is 1190. The van der Waals surface area contributed by atoms with Gasteiger partial charge in [-0.1, -0.05) is 12.8 Å². The molecule has 2 aromatic rings. The number of carbonyl (C=O) groups is 3. The molecule has 0 radical (unpaired) electrons. The number of methoxy groups -OCH3 is 1. The summed E-state index contributed by atoms with van der Waals surface area (Å²) in [6.07, 6.45) is -3.72. The monoisotopic (exact) mass is 682 g/mol. The Labute approximate surface area is 255 Å². The van der Waals surface area contributed by atoms with Crippen LogP contribution in [-0.4, -0.2) is 91.7 Å². The second kappa shape index (κ2) is 17.7. The highest BCUT2D eigenvalue weighted by atomic mass is 19.4. The first-order valence-electron chi connectivity index (χ1n) is 13.2. The minimum Gasteiger partial charge on any atom is -0.475 e. The SMILES string of the molecule is COCC1CN(Cc2ccncc2)Cc2cn(CC3CCCC3)nc21.O=C(O)C(F)(F)F.O=C(O)C(F)(F)F.O=C(O)C(F)(F)F. The number of hydrogen-bond acceptors (Lipinski definition) is 7. The predicted octanol–water partition coefficient (Wildman–Crippen LogP) is 5.11. The number of pyridine rings is 1. The van der Waals surface area contributed by atoms with E-state index in [4.69, 9.17) is 39.5 Å². The van der Waals surface area contributed by atoms with Gasteiger partial charge in [-0.15, -0.1) is 0 Å². The fourth-order valence-corrected chi connectivity index (χ4v) is 4.40. The van der Waals surface area contributed by atoms with Gasteiger partial charge in [0.15, 0.2) is 0 Å². The van der Waals surface area contributed by atoms with E-state index in [0.717, 1.165) is 38.7 Å². The molecule has 1 aliphatic carbocycles. The molecule has 1 fully saturated rings. The molecular formula is C26H31F9N4O7. The molecule has 2 aliphatic rings. The quantitative estimate of drug-likeness (QED) is 0.350. The Morgan fingerprint density at radius 1 is 0.870 bits per heavy atom. The van der Waals surface area contributed by atoms with Crippen molar-refractivity contribution in [3.05, 3.63) is 47.5 Å². The topological polar surface area (TPSA) is 155 Å². The first kappa shape index (κ1) is 40.1. The minimum atomic E-state index is -5.08. The zero-order valence-corrected chi connectivity index (χ0v) is 24.1. The Kier molecular flexibility index (Phi) is 15.4. The first-order valence-corrected chi connectivity index (χ1v) is 13.2. The lowest BCUT2D eigenvalue weighted by atomic mass is 9.97. The summed E-state index contributed by atoms with van der Waals surface area (Å²) >= 11 is 0. The van der Waals surface area contributed by atoms with Crippen LogP contribution >= 0.6 is 0 Å². The van der Waals surface area contributed by atoms with E-state index in [1.807, 2.05) is 12.4 Å². The number of ether oxygens (including phenoxy) is 1. The zero-order chi connectivity index (χ0) is 35.3. The van der Waals surface area contributed by atoms with Crippen LogP contribution in [-0.2, 0) is 38.8 Å². The van der Waals surface area contributed by atoms with Crippen molar-refractivity contribution in [1.82, 2.24) is 19.7 Å². The van der Waals surface area contributed by atoms with Crippen LogP contribution in [0.5, 0.6) is 0 Å². The van der Waals surface area contributed by atoms with Crippen molar-refractivity contribution >= 4 is 17.9 Å². The first-order chi connectivity index (χ1) is 21.1. The number of fused-ring (bicyclic) bond motifs is 1. The van der Waals surface area contributed by atoms with Crippen LogP contribution < -0.4 is 0 Å². The molecule has 3 N–H and O–H groups in total. The third kappa shape index (κ3) is 14.9. The molecule has 0 spiro atoms. The molecule has 260 valence electrons. The van der Waals surface area contributed by atoms with E-state index in [-0.39, 0.29) is 0 Å². The van der Waals surface area contributed by atoms with Crippen LogP contribution in [0.3, 0.4) is 0 Å². The number of nitrogens with zero attached hydrogens (tertiary/aromatic N) is 4. The maximum absolute atomic E-state index is 10.6. The van der Waals surface area contributed by atoms with Gasteiger partial charge in [-0.3, -0.25) is 14.6 Å². The van der Waals surface area contributed by atoms with Crippen LogP contribution in [0.2, 0.25) is 0 Å². The Morgan fingerprint density at radius 2 is 1.33 bits per heavy atom. The van der Waals surface area contributed by atoms with Gasteiger partial charge in [0.2, 0.25) is 0 Å². The van der Waals surface area contributed by atoms with Crippen molar-refractivity contribution in [3.63, 3.8) is 0 Å². The summed E-state index contributed by atoms with van der Waals surface area (Å²) in [6.45, 7) is 4.75. The lowest BCUT2D eigenvalue weighted by molar-refractivity contribution is -0.193. The van der Waals surface area contributed by atoms with Crippen LogP contribution in [0.15, 0.2) is 30.7 Å². The molecule has 0 bridgehead atoms. The van der Waals surface area contributed by atoms with Crippen molar-refractivity contribution < 1.29 is 74.0 Å². The number of carboxylic acids is 3. The van der Waals surface area contributed by atoms with E-state index in [1.54, 1.807) is 7.11 Å². The van der Waals surface area contributed by atoms with Crippen molar-refractivity contribution in [2.45, 2.75) is 69.8 Å². The highest BCUT2D eigenvalue weighted by Crippen LogP contribution is 2.31. The largest absolute Gasteiger partial charge is 0.490 e. The summed E-state index contributed by atoms with van der Waals surface area (Å²) in [5, 5.41) is 26.3. The van der Waals surface area contributed by atoms with Crippen molar-refractivity contribution in [2.24, 2.45) is 5.92 Å². The number of hydrogen-bond donors (Lipinski definition) is 3. The number of alkyl halides is 9. The molecule has 1 unspecified atom stereocenters. The summed E-state index contributed by atoms with van der Waals surface area (Å²) in [6, 6.07) is 4.20. The van der Waals surface area contributed by atoms with Crippen molar-refractivity contribution in [2.75, 3.05) is 20.3 Å². The average Bonchev–Trinajstić information content (AvgIpc) is 3.59. The van der Waals surface area contributed by atoms with Crippen LogP contribution in [0.25, 0.3) is 0 Å². The molecule has 1 saturated carbocycles. The third-order valence-corrected chi connectivity index (χ3v) is 6.30. The van der Waals surface area contributed by atoms with E-state index in [0.29, 0.717) is 5.92 Å². The normalized spacial score (nSPS) is 16.9. The molecule has 0 amide bonds. The van der Waals surface area contributed by atoms with Gasteiger partial charge in [0.05, 0.1) is 12.3 Å². The number of aliphatic carboxylic acids is 3. The van der Waals surface area contributed by atoms with Crippen molar-refractivity contribution in [1.29, 1.82) is 0 Å². The summed E-state index contributed by atoms with van der Waals surface area (Å²) in [5.74, 6) is -7.09. The molecule has 4 rings (SSSR count). The van der Waals surface area contributed by atoms with Crippen LogP contribution in [0.1, 0.15) is 48.4 Å². The minimum absolute atomic E-state index is 0.361. The van der Waals surface area contributed by atoms with E-state index in [2.05, 4.69) is 32.9 Å². The molecule has 11 nitrogen and oxygen atoms in total. The van der Waals surface area contributed by atoms with Gasteiger partial charge in [-0.2, -0.15) is 44.6 Å². The van der Waals surface area contributed by atoms with Gasteiger partial charge in [-0.05, 0) is 36.5 Å². The van der Waals surface area contributed by atoms with E-state index < -0.39 is 36.4 Å². The summed E-state index contributed by atoms with van der Waals surface area (Å²) < 4.78 is 103. The van der Waals surface area contributed by atoms with E-state index in [9.17, 15) is 39.5 Å². The lowest BCUT2D eigenvalue weighted by Gasteiger charge is -2.31. The average molecular weight is 683 g/mol. The molecule has 0 saturated heterocycles. The standard InChI is InChI=1S/C20H28N4O.3C2HF3O2/c1-25-15-19-13-23(10-17-6-8-21-9-7-17)12-18-14-24(22-20(18)19)11-16-4-2-3-5-16;3*3-2(4,5)1(6)7/h6-9,14,16,19H,2-5,10-13,15H2,1H3;3*(H,6,7). The number of aromatic nitrogens is 3. The van der Waals surface area contributed by atoms with E-state index >= 15 is 0 Å². The zero-order valence-electron chi connectivity index (χ0n) is 24.1. The maximum atomic E-state index is 10.6. The highest BCUT2D eigenvalue weighted by molar-refractivity contribution is 5.73. The molecule has 2 aromatic heterocycles. The van der Waals surface area contributed by atoms with Crippen LogP contribution in [0.4, 0.5) is 39.5 Å². The van der Waals surface area contributed by atoms with E-state index in [1.165, 1.54) is 42.5 Å². The summed E-state index contributed by atoms with van der Waals surface area (Å²) in [7, 11) is 1.79. The number of halogens is 9. The van der Waals surface area contributed by atoms with Crippen molar-refractivity contribution in [3.8, 4) is 0 Å². The molecule has 46 heavy (non-hydrogen) atoms. The fraction of sp³-hybridized carbons (Fsp3) is 0.577. The molecule has 1 aliphatic heterocycles. The molecule has 3 heterocycles. The molecular weight excluding hydrogens is 651 g/mol. The smallest absolute Gasteiger partial charge is 0.475 e. The summed E-state index contributed by atoms with van der Waals surface area (Å²) in [5.41, 5.74) is 3.94. The van der Waals surface area contributed by atoms with Gasteiger partial charge >= 0.3 is 36.4 Å². The van der Waals surface area contributed by atoms with Crippen LogP contribution in [0, 0.1) is 5.92 Å². The Balaban J connectivity index is 0.000000413. The Hall–Kier alpha value is -3.94. The van der Waals surface area contributed by atoms with Gasteiger partial charge in [0.1, 0.15) is 0 Å². The fourth-order valence-electron chi connectivity index (χ4n) is 4.40. The van der Waals surface area contributed by atoms with Gasteiger partial charge < -0.3 is 20.1 Å². The second-order valence-electron chi connectivity index (χ2n) is 10.00. The number of rotatable bonds is 6. The molecule has 20 heteroatoms. The van der Waals surface area contributed by atoms with Gasteiger partial charge in [0, 0.05) is 63.4 Å². The van der Waals surface area contributed by atoms with Gasteiger partial charge in [0.25, 0.3) is 0 Å².